The minimum absolute atomic E-state index is 0.147. The zero-order valence-corrected chi connectivity index (χ0v) is 12.7. The van der Waals surface area contributed by atoms with Gasteiger partial charge < -0.3 is 10.1 Å². The van der Waals surface area contributed by atoms with Crippen molar-refractivity contribution in [1.82, 2.24) is 5.32 Å². The van der Waals surface area contributed by atoms with Crippen LogP contribution in [0.2, 0.25) is 5.02 Å². The lowest BCUT2D eigenvalue weighted by molar-refractivity contribution is -0.126. The van der Waals surface area contributed by atoms with Crippen LogP contribution in [0.5, 0.6) is 0 Å². The molecule has 108 valence electrons. The molecule has 0 saturated carbocycles. The quantitative estimate of drug-likeness (QED) is 0.877. The number of carbonyl (C=O) groups is 1. The average molecular weight is 295 g/mol. The fraction of sp³-hybridized carbons (Fsp3) is 0.467. The highest BCUT2D eigenvalue weighted by Crippen LogP contribution is 2.19. The Bertz CT molecular complexity index is 513. The van der Waals surface area contributed by atoms with Gasteiger partial charge in [0, 0.05) is 18.1 Å². The van der Waals surface area contributed by atoms with E-state index in [0.717, 1.165) is 5.56 Å². The molecule has 0 aliphatic rings. The predicted molar refractivity (Wildman–Crippen MR) is 78.4 cm³/mol. The van der Waals surface area contributed by atoms with Crippen molar-refractivity contribution < 1.29 is 9.53 Å². The SMILES string of the molecule is COC[C@](C)(C#N)NC(=O)[C@@H](C)Cc1ccccc1Cl. The molecular weight excluding hydrogens is 276 g/mol. The number of ether oxygens (including phenoxy) is 1. The summed E-state index contributed by atoms with van der Waals surface area (Å²) >= 11 is 6.08. The number of hydrogen-bond acceptors (Lipinski definition) is 3. The first-order valence-electron chi connectivity index (χ1n) is 6.37. The lowest BCUT2D eigenvalue weighted by atomic mass is 9.98. The normalized spacial score (nSPS) is 14.9. The second-order valence-electron chi connectivity index (χ2n) is 5.06. The van der Waals surface area contributed by atoms with Crippen LogP contribution < -0.4 is 5.32 Å². The van der Waals surface area contributed by atoms with Crippen molar-refractivity contribution in [2.24, 2.45) is 5.92 Å². The molecule has 0 unspecified atom stereocenters. The summed E-state index contributed by atoms with van der Waals surface area (Å²) in [6.07, 6.45) is 0.528. The first-order valence-corrected chi connectivity index (χ1v) is 6.75. The van der Waals surface area contributed by atoms with Gasteiger partial charge in [-0.15, -0.1) is 0 Å². The maximum Gasteiger partial charge on any atom is 0.224 e. The molecule has 4 nitrogen and oxygen atoms in total. The maximum atomic E-state index is 12.1. The van der Waals surface area contributed by atoms with Crippen LogP contribution in [0, 0.1) is 17.2 Å². The van der Waals surface area contributed by atoms with Crippen LogP contribution in [0.25, 0.3) is 0 Å². The third-order valence-corrected chi connectivity index (χ3v) is 3.38. The monoisotopic (exact) mass is 294 g/mol. The molecule has 0 spiro atoms. The molecular formula is C15H19ClN2O2. The minimum Gasteiger partial charge on any atom is -0.381 e. The van der Waals surface area contributed by atoms with Gasteiger partial charge in [-0.3, -0.25) is 4.79 Å². The minimum atomic E-state index is -1.01. The van der Waals surface area contributed by atoms with E-state index < -0.39 is 5.54 Å². The molecule has 0 aliphatic heterocycles. The van der Waals surface area contributed by atoms with Crippen molar-refractivity contribution in [3.8, 4) is 6.07 Å². The molecule has 0 fully saturated rings. The maximum absolute atomic E-state index is 12.1. The van der Waals surface area contributed by atoms with E-state index in [2.05, 4.69) is 11.4 Å². The van der Waals surface area contributed by atoms with Crippen molar-refractivity contribution in [3.63, 3.8) is 0 Å². The molecule has 2 atom stereocenters. The Labute approximate surface area is 124 Å². The first-order chi connectivity index (χ1) is 9.41. The summed E-state index contributed by atoms with van der Waals surface area (Å²) in [4.78, 5) is 12.1. The Morgan fingerprint density at radius 1 is 1.55 bits per heavy atom. The van der Waals surface area contributed by atoms with Crippen molar-refractivity contribution in [2.75, 3.05) is 13.7 Å². The Kier molecular flexibility index (Phi) is 6.00. The second-order valence-corrected chi connectivity index (χ2v) is 5.47. The lowest BCUT2D eigenvalue weighted by Crippen LogP contribution is -2.50. The van der Waals surface area contributed by atoms with Crippen molar-refractivity contribution in [2.45, 2.75) is 25.8 Å². The second kappa shape index (κ2) is 7.28. The van der Waals surface area contributed by atoms with Gasteiger partial charge in [0.2, 0.25) is 5.91 Å². The van der Waals surface area contributed by atoms with Crippen LogP contribution in [0.4, 0.5) is 0 Å². The Morgan fingerprint density at radius 3 is 2.75 bits per heavy atom. The standard InChI is InChI=1S/C15H19ClN2O2/c1-11(8-12-6-4-5-7-13(12)16)14(19)18-15(2,9-17)10-20-3/h4-7,11H,8,10H2,1-3H3,(H,18,19)/t11-,15-/m0/s1. The number of hydrogen-bond donors (Lipinski definition) is 1. The van der Waals surface area contributed by atoms with Crippen molar-refractivity contribution in [1.29, 1.82) is 5.26 Å². The zero-order valence-electron chi connectivity index (χ0n) is 11.9. The zero-order chi connectivity index (χ0) is 15.2. The van der Waals surface area contributed by atoms with Gasteiger partial charge in [-0.25, -0.2) is 0 Å². The number of carbonyl (C=O) groups excluding carboxylic acids is 1. The van der Waals surface area contributed by atoms with E-state index in [9.17, 15) is 4.79 Å². The number of nitrogens with one attached hydrogen (secondary N) is 1. The number of nitrogens with zero attached hydrogens (tertiary/aromatic N) is 1. The number of nitriles is 1. The topological polar surface area (TPSA) is 62.1 Å². The highest BCUT2D eigenvalue weighted by atomic mass is 35.5. The van der Waals surface area contributed by atoms with Gasteiger partial charge >= 0.3 is 0 Å². The van der Waals surface area contributed by atoms with E-state index in [1.165, 1.54) is 7.11 Å². The summed E-state index contributed by atoms with van der Waals surface area (Å²) in [5, 5.41) is 12.5. The molecule has 0 bridgehead atoms. The molecule has 1 aromatic rings. The van der Waals surface area contributed by atoms with E-state index in [1.807, 2.05) is 25.1 Å². The lowest BCUT2D eigenvalue weighted by Gasteiger charge is -2.24. The van der Waals surface area contributed by atoms with Gasteiger partial charge in [0.05, 0.1) is 12.7 Å². The molecule has 1 rings (SSSR count). The molecule has 1 aromatic carbocycles. The Hall–Kier alpha value is -1.57. The molecule has 20 heavy (non-hydrogen) atoms. The van der Waals surface area contributed by atoms with E-state index in [0.29, 0.717) is 11.4 Å². The van der Waals surface area contributed by atoms with E-state index in [4.69, 9.17) is 21.6 Å². The van der Waals surface area contributed by atoms with Crippen LogP contribution in [0.1, 0.15) is 19.4 Å². The summed E-state index contributed by atoms with van der Waals surface area (Å²) in [6, 6.07) is 9.48. The number of halogens is 1. The first kappa shape index (κ1) is 16.5. The third-order valence-electron chi connectivity index (χ3n) is 3.01. The van der Waals surface area contributed by atoms with Crippen LogP contribution in [0.3, 0.4) is 0 Å². The Balaban J connectivity index is 2.69. The molecule has 0 saturated heterocycles. The summed E-state index contributed by atoms with van der Waals surface area (Å²) in [5.41, 5.74) is -0.0946. The van der Waals surface area contributed by atoms with Gasteiger partial charge in [-0.2, -0.15) is 5.26 Å². The largest absolute Gasteiger partial charge is 0.381 e. The fourth-order valence-corrected chi connectivity index (χ4v) is 2.08. The predicted octanol–water partition coefficient (Wildman–Crippen LogP) is 2.56. The van der Waals surface area contributed by atoms with Crippen LogP contribution in [0.15, 0.2) is 24.3 Å². The molecule has 0 aliphatic carbocycles. The highest BCUT2D eigenvalue weighted by Gasteiger charge is 2.28. The average Bonchev–Trinajstić information content (AvgIpc) is 2.41. The van der Waals surface area contributed by atoms with Gasteiger partial charge in [-0.1, -0.05) is 36.7 Å². The molecule has 0 radical (unpaired) electrons. The summed E-state index contributed by atoms with van der Waals surface area (Å²) in [6.45, 7) is 3.59. The number of rotatable bonds is 6. The number of benzene rings is 1. The van der Waals surface area contributed by atoms with Gasteiger partial charge in [0.25, 0.3) is 0 Å². The molecule has 0 aromatic heterocycles. The smallest absolute Gasteiger partial charge is 0.224 e. The van der Waals surface area contributed by atoms with Crippen LogP contribution in [-0.2, 0) is 16.0 Å². The van der Waals surface area contributed by atoms with E-state index >= 15 is 0 Å². The molecule has 1 N–H and O–H groups in total. The van der Waals surface area contributed by atoms with Gasteiger partial charge in [-0.05, 0) is 25.0 Å². The van der Waals surface area contributed by atoms with Crippen molar-refractivity contribution in [3.05, 3.63) is 34.9 Å². The molecule has 0 heterocycles. The van der Waals surface area contributed by atoms with Crippen LogP contribution >= 0.6 is 11.6 Å². The van der Waals surface area contributed by atoms with E-state index in [1.54, 1.807) is 13.0 Å². The van der Waals surface area contributed by atoms with Gasteiger partial charge in [0.1, 0.15) is 5.54 Å². The number of methoxy groups -OCH3 is 1. The van der Waals surface area contributed by atoms with Crippen molar-refractivity contribution >= 4 is 17.5 Å². The highest BCUT2D eigenvalue weighted by molar-refractivity contribution is 6.31. The summed E-state index contributed by atoms with van der Waals surface area (Å²) < 4.78 is 4.96. The summed E-state index contributed by atoms with van der Waals surface area (Å²) in [5.74, 6) is -0.467. The van der Waals surface area contributed by atoms with E-state index in [-0.39, 0.29) is 18.4 Å². The van der Waals surface area contributed by atoms with Gasteiger partial charge in [0.15, 0.2) is 0 Å². The number of amides is 1. The van der Waals surface area contributed by atoms with Crippen LogP contribution in [-0.4, -0.2) is 25.2 Å². The third kappa shape index (κ3) is 4.52. The fourth-order valence-electron chi connectivity index (χ4n) is 1.87. The summed E-state index contributed by atoms with van der Waals surface area (Å²) in [7, 11) is 1.49. The molecule has 5 heteroatoms. The molecule has 1 amide bonds. The Morgan fingerprint density at radius 2 is 2.20 bits per heavy atom.